The number of rotatable bonds is 12. The van der Waals surface area contributed by atoms with Crippen molar-refractivity contribution in [2.45, 2.75) is 24.7 Å². The van der Waals surface area contributed by atoms with Crippen molar-refractivity contribution in [2.75, 3.05) is 19.4 Å². The number of nitrogens with one attached hydrogen (secondary N) is 1. The number of para-hydroxylation sites is 2. The van der Waals surface area contributed by atoms with Crippen molar-refractivity contribution in [2.24, 2.45) is 0 Å². The molecular formula is C25H27ClFN5O2S. The van der Waals surface area contributed by atoms with Gasteiger partial charge < -0.3 is 14.8 Å². The zero-order valence-corrected chi connectivity index (χ0v) is 20.9. The van der Waals surface area contributed by atoms with Crippen molar-refractivity contribution >= 4 is 24.2 Å². The molecule has 1 aromatic heterocycles. The molecule has 0 fully saturated rings. The molecule has 4 rings (SSSR count). The van der Waals surface area contributed by atoms with Crippen LogP contribution in [0, 0.1) is 5.82 Å². The predicted octanol–water partition coefficient (Wildman–Crippen LogP) is 5.08. The summed E-state index contributed by atoms with van der Waals surface area (Å²) in [6.45, 7) is 1.80. The van der Waals surface area contributed by atoms with Crippen LogP contribution in [0.2, 0.25) is 0 Å². The van der Waals surface area contributed by atoms with Crippen LogP contribution in [0.4, 0.5) is 4.39 Å². The Hall–Kier alpha value is -3.14. The molecule has 0 atom stereocenters. The molecule has 0 unspecified atom stereocenters. The van der Waals surface area contributed by atoms with Crippen LogP contribution in [0.5, 0.6) is 11.5 Å². The Labute approximate surface area is 214 Å². The van der Waals surface area contributed by atoms with Crippen LogP contribution in [-0.2, 0) is 13.2 Å². The lowest BCUT2D eigenvalue weighted by Crippen LogP contribution is -2.16. The summed E-state index contributed by atoms with van der Waals surface area (Å²) >= 11 is 1.63. The topological polar surface area (TPSA) is 74.1 Å². The van der Waals surface area contributed by atoms with E-state index in [9.17, 15) is 4.39 Å². The number of benzene rings is 3. The van der Waals surface area contributed by atoms with Gasteiger partial charge in [0.1, 0.15) is 12.4 Å². The van der Waals surface area contributed by atoms with Gasteiger partial charge in [0.2, 0.25) is 5.16 Å². The van der Waals surface area contributed by atoms with Crippen molar-refractivity contribution in [1.29, 1.82) is 0 Å². The summed E-state index contributed by atoms with van der Waals surface area (Å²) in [5.41, 5.74) is 2.84. The maximum absolute atomic E-state index is 13.2. The van der Waals surface area contributed by atoms with E-state index in [4.69, 9.17) is 9.47 Å². The highest BCUT2D eigenvalue weighted by Crippen LogP contribution is 2.32. The molecule has 1 heterocycles. The van der Waals surface area contributed by atoms with Crippen molar-refractivity contribution in [3.8, 4) is 17.2 Å². The molecule has 35 heavy (non-hydrogen) atoms. The normalized spacial score (nSPS) is 10.6. The minimum Gasteiger partial charge on any atom is -0.493 e. The number of halogens is 2. The average molecular weight is 516 g/mol. The highest BCUT2D eigenvalue weighted by atomic mass is 35.5. The van der Waals surface area contributed by atoms with Gasteiger partial charge in [-0.1, -0.05) is 54.2 Å². The van der Waals surface area contributed by atoms with E-state index in [0.29, 0.717) is 24.7 Å². The minimum absolute atomic E-state index is 0. The Morgan fingerprint density at radius 2 is 1.80 bits per heavy atom. The van der Waals surface area contributed by atoms with Crippen LogP contribution in [-0.4, -0.2) is 39.6 Å². The van der Waals surface area contributed by atoms with Gasteiger partial charge in [0.05, 0.1) is 12.8 Å². The molecule has 3 aromatic carbocycles. The smallest absolute Gasteiger partial charge is 0.214 e. The SMILES string of the molecule is COc1cccc(CNCCCSc2nnnn2-c2ccccc2)c1OCc1ccc(F)cc1.Cl. The van der Waals surface area contributed by atoms with E-state index in [0.717, 1.165) is 40.7 Å². The second-order valence-electron chi connectivity index (χ2n) is 7.45. The minimum atomic E-state index is -0.263. The Kier molecular flexibility index (Phi) is 10.3. The molecule has 4 aromatic rings. The van der Waals surface area contributed by atoms with Gasteiger partial charge in [0.15, 0.2) is 11.5 Å². The molecule has 0 bridgehead atoms. The number of ether oxygens (including phenoxy) is 2. The highest BCUT2D eigenvalue weighted by Gasteiger charge is 2.12. The van der Waals surface area contributed by atoms with E-state index in [1.54, 1.807) is 35.7 Å². The maximum atomic E-state index is 13.2. The van der Waals surface area contributed by atoms with Crippen molar-refractivity contribution in [3.63, 3.8) is 0 Å². The second kappa shape index (κ2) is 13.7. The van der Waals surface area contributed by atoms with E-state index in [1.165, 1.54) is 12.1 Å². The monoisotopic (exact) mass is 515 g/mol. The number of nitrogens with zero attached hydrogens (tertiary/aromatic N) is 4. The van der Waals surface area contributed by atoms with Gasteiger partial charge in [-0.05, 0) is 59.3 Å². The van der Waals surface area contributed by atoms with Crippen LogP contribution < -0.4 is 14.8 Å². The first kappa shape index (κ1) is 26.5. The summed E-state index contributed by atoms with van der Waals surface area (Å²) in [5.74, 6) is 1.98. The molecule has 0 saturated carbocycles. The van der Waals surface area contributed by atoms with E-state index >= 15 is 0 Å². The van der Waals surface area contributed by atoms with Gasteiger partial charge in [-0.3, -0.25) is 0 Å². The fraction of sp³-hybridized carbons (Fsp3) is 0.240. The van der Waals surface area contributed by atoms with Gasteiger partial charge in [-0.2, -0.15) is 4.68 Å². The van der Waals surface area contributed by atoms with Crippen molar-refractivity contribution in [1.82, 2.24) is 25.5 Å². The lowest BCUT2D eigenvalue weighted by atomic mass is 10.1. The number of methoxy groups -OCH3 is 1. The van der Waals surface area contributed by atoms with Gasteiger partial charge in [0, 0.05) is 17.9 Å². The van der Waals surface area contributed by atoms with Crippen molar-refractivity contribution in [3.05, 3.63) is 89.7 Å². The molecule has 7 nitrogen and oxygen atoms in total. The molecule has 10 heteroatoms. The first-order valence-corrected chi connectivity index (χ1v) is 11.9. The van der Waals surface area contributed by atoms with Crippen LogP contribution in [0.1, 0.15) is 17.5 Å². The van der Waals surface area contributed by atoms with Gasteiger partial charge in [0.25, 0.3) is 0 Å². The third-order valence-electron chi connectivity index (χ3n) is 5.06. The van der Waals surface area contributed by atoms with E-state index in [-0.39, 0.29) is 18.2 Å². The van der Waals surface area contributed by atoms with E-state index in [2.05, 4.69) is 20.8 Å². The Morgan fingerprint density at radius 1 is 1.00 bits per heavy atom. The molecule has 0 saturated heterocycles. The quantitative estimate of drug-likeness (QED) is 0.208. The largest absolute Gasteiger partial charge is 0.493 e. The first-order valence-electron chi connectivity index (χ1n) is 10.9. The van der Waals surface area contributed by atoms with Gasteiger partial charge in [-0.25, -0.2) is 4.39 Å². The van der Waals surface area contributed by atoms with Crippen LogP contribution >= 0.6 is 24.2 Å². The molecule has 0 radical (unpaired) electrons. The van der Waals surface area contributed by atoms with Crippen LogP contribution in [0.25, 0.3) is 5.69 Å². The molecule has 0 aliphatic carbocycles. The molecule has 0 spiro atoms. The van der Waals surface area contributed by atoms with Gasteiger partial charge in [-0.15, -0.1) is 17.5 Å². The van der Waals surface area contributed by atoms with Crippen LogP contribution in [0.3, 0.4) is 0 Å². The Bertz CT molecular complexity index is 1180. The number of hydrogen-bond acceptors (Lipinski definition) is 7. The fourth-order valence-corrected chi connectivity index (χ4v) is 4.17. The zero-order chi connectivity index (χ0) is 23.6. The summed E-state index contributed by atoms with van der Waals surface area (Å²) in [6.07, 6.45) is 0.946. The first-order chi connectivity index (χ1) is 16.7. The zero-order valence-electron chi connectivity index (χ0n) is 19.3. The highest BCUT2D eigenvalue weighted by molar-refractivity contribution is 7.99. The van der Waals surface area contributed by atoms with Crippen molar-refractivity contribution < 1.29 is 13.9 Å². The molecule has 0 amide bonds. The standard InChI is InChI=1S/C25H26FN5O2S.ClH/c1-32-23-10-5-7-20(24(23)33-18-19-11-13-21(26)14-12-19)17-27-15-6-16-34-25-28-29-30-31(25)22-8-3-2-4-9-22;/h2-5,7-14,27H,6,15-18H2,1H3;1H. The summed E-state index contributed by atoms with van der Waals surface area (Å²) in [5, 5.41) is 16.3. The Balaban J connectivity index is 0.00000342. The molecule has 184 valence electrons. The number of aromatic nitrogens is 4. The summed E-state index contributed by atoms with van der Waals surface area (Å²) in [6, 6.07) is 22.0. The molecule has 0 aliphatic rings. The summed E-state index contributed by atoms with van der Waals surface area (Å²) < 4.78 is 26.4. The maximum Gasteiger partial charge on any atom is 0.214 e. The average Bonchev–Trinajstić information content (AvgIpc) is 3.35. The van der Waals surface area contributed by atoms with E-state index < -0.39 is 0 Å². The number of hydrogen-bond donors (Lipinski definition) is 1. The third kappa shape index (κ3) is 7.42. The third-order valence-corrected chi connectivity index (χ3v) is 6.07. The lowest BCUT2D eigenvalue weighted by Gasteiger charge is -2.16. The lowest BCUT2D eigenvalue weighted by molar-refractivity contribution is 0.280. The molecule has 0 aliphatic heterocycles. The van der Waals surface area contributed by atoms with E-state index in [1.807, 2.05) is 48.5 Å². The number of tetrazole rings is 1. The molecular weight excluding hydrogens is 489 g/mol. The van der Waals surface area contributed by atoms with Gasteiger partial charge >= 0.3 is 0 Å². The number of thioether (sulfide) groups is 1. The second-order valence-corrected chi connectivity index (χ2v) is 8.51. The van der Waals surface area contributed by atoms with Crippen LogP contribution in [0.15, 0.2) is 78.0 Å². The fourth-order valence-electron chi connectivity index (χ4n) is 3.35. The predicted molar refractivity (Wildman–Crippen MR) is 137 cm³/mol. The molecule has 1 N–H and O–H groups in total. The Morgan fingerprint density at radius 3 is 2.57 bits per heavy atom. The summed E-state index contributed by atoms with van der Waals surface area (Å²) in [7, 11) is 1.62. The summed E-state index contributed by atoms with van der Waals surface area (Å²) in [4.78, 5) is 0.